The number of ether oxygens (including phenoxy) is 1. The molecule has 0 bridgehead atoms. The molecule has 0 spiro atoms. The lowest BCUT2D eigenvalue weighted by Crippen LogP contribution is -2.35. The Kier molecular flexibility index (Phi) is 5.14. The standard InChI is InChI=1S/C16H19N3O4S/c1-16(2,3)23-15(20)18-7-9-24(21,19-11-17)13-5-4-12-6-8-22-14(12)10-13/h4-6,8,10H,7,9H2,1-3H3,(H,18,20). The van der Waals surface area contributed by atoms with Crippen LogP contribution in [0.3, 0.4) is 0 Å². The van der Waals surface area contributed by atoms with E-state index in [1.165, 1.54) is 6.26 Å². The predicted octanol–water partition coefficient (Wildman–Crippen LogP) is 3.27. The maximum atomic E-state index is 13.0. The van der Waals surface area contributed by atoms with E-state index in [4.69, 9.17) is 14.4 Å². The van der Waals surface area contributed by atoms with Crippen LogP contribution >= 0.6 is 0 Å². The summed E-state index contributed by atoms with van der Waals surface area (Å²) in [6.07, 6.45) is 2.52. The van der Waals surface area contributed by atoms with Crippen LogP contribution in [0.2, 0.25) is 0 Å². The molecule has 1 N–H and O–H groups in total. The highest BCUT2D eigenvalue weighted by Gasteiger charge is 2.18. The number of hydrogen-bond donors (Lipinski definition) is 1. The molecule has 7 nitrogen and oxygen atoms in total. The van der Waals surface area contributed by atoms with Crippen LogP contribution in [0.1, 0.15) is 20.8 Å². The summed E-state index contributed by atoms with van der Waals surface area (Å²) in [6, 6.07) is 6.79. The first-order valence-electron chi connectivity index (χ1n) is 7.31. The minimum Gasteiger partial charge on any atom is -0.464 e. The van der Waals surface area contributed by atoms with Crippen molar-refractivity contribution in [2.75, 3.05) is 12.3 Å². The van der Waals surface area contributed by atoms with E-state index in [9.17, 15) is 9.00 Å². The fourth-order valence-corrected chi connectivity index (χ4v) is 3.54. The smallest absolute Gasteiger partial charge is 0.407 e. The number of benzene rings is 1. The molecule has 128 valence electrons. The first-order chi connectivity index (χ1) is 11.2. The monoisotopic (exact) mass is 349 g/mol. The fraction of sp³-hybridized carbons (Fsp3) is 0.375. The van der Waals surface area contributed by atoms with E-state index >= 15 is 0 Å². The molecule has 1 aromatic carbocycles. The van der Waals surface area contributed by atoms with Crippen molar-refractivity contribution in [3.8, 4) is 6.19 Å². The molecule has 24 heavy (non-hydrogen) atoms. The summed E-state index contributed by atoms with van der Waals surface area (Å²) >= 11 is 0. The molecule has 2 aromatic rings. The van der Waals surface area contributed by atoms with Crippen LogP contribution in [0.25, 0.3) is 11.0 Å². The molecule has 0 aliphatic heterocycles. The number of alkyl carbamates (subject to hydrolysis) is 1. The Bertz CT molecular complexity index is 896. The van der Waals surface area contributed by atoms with Crippen molar-refractivity contribution in [2.24, 2.45) is 4.36 Å². The Morgan fingerprint density at radius 2 is 2.17 bits per heavy atom. The highest BCUT2D eigenvalue weighted by molar-refractivity contribution is 7.93. The van der Waals surface area contributed by atoms with E-state index in [1.54, 1.807) is 51.2 Å². The van der Waals surface area contributed by atoms with Gasteiger partial charge in [-0.15, -0.1) is 4.36 Å². The fourth-order valence-electron chi connectivity index (χ4n) is 2.02. The van der Waals surface area contributed by atoms with E-state index in [0.29, 0.717) is 10.5 Å². The number of carbonyl (C=O) groups excluding carboxylic acids is 1. The molecule has 0 aliphatic rings. The number of rotatable bonds is 4. The molecule has 0 fully saturated rings. The van der Waals surface area contributed by atoms with Gasteiger partial charge in [0.1, 0.15) is 11.2 Å². The van der Waals surface area contributed by atoms with E-state index in [2.05, 4.69) is 9.68 Å². The number of nitrogens with one attached hydrogen (secondary N) is 1. The van der Waals surface area contributed by atoms with Crippen molar-refractivity contribution in [3.63, 3.8) is 0 Å². The van der Waals surface area contributed by atoms with Crippen LogP contribution in [0, 0.1) is 11.5 Å². The van der Waals surface area contributed by atoms with Crippen LogP contribution in [-0.4, -0.2) is 28.2 Å². The van der Waals surface area contributed by atoms with Gasteiger partial charge in [0.15, 0.2) is 0 Å². The van der Waals surface area contributed by atoms with Crippen LogP contribution < -0.4 is 5.32 Å². The summed E-state index contributed by atoms with van der Waals surface area (Å²) in [6.45, 7) is 5.31. The molecule has 1 unspecified atom stereocenters. The van der Waals surface area contributed by atoms with Gasteiger partial charge in [-0.05, 0) is 45.0 Å². The van der Waals surface area contributed by atoms with Crippen LogP contribution in [0.15, 0.2) is 44.2 Å². The van der Waals surface area contributed by atoms with Crippen molar-refractivity contribution >= 4 is 26.8 Å². The summed E-state index contributed by atoms with van der Waals surface area (Å²) < 4.78 is 27.0. The summed E-state index contributed by atoms with van der Waals surface area (Å²) in [4.78, 5) is 12.0. The van der Waals surface area contributed by atoms with Gasteiger partial charge in [-0.3, -0.25) is 0 Å². The van der Waals surface area contributed by atoms with Gasteiger partial charge in [0.2, 0.25) is 6.19 Å². The zero-order valence-electron chi connectivity index (χ0n) is 13.7. The Morgan fingerprint density at radius 1 is 1.42 bits per heavy atom. The van der Waals surface area contributed by atoms with Crippen LogP contribution in [0.4, 0.5) is 4.79 Å². The summed E-state index contributed by atoms with van der Waals surface area (Å²) in [5, 5.41) is 12.3. The van der Waals surface area contributed by atoms with E-state index in [1.807, 2.05) is 0 Å². The molecule has 0 saturated carbocycles. The highest BCUT2D eigenvalue weighted by atomic mass is 32.2. The number of fused-ring (bicyclic) bond motifs is 1. The zero-order chi connectivity index (χ0) is 17.8. The Labute approximate surface area is 140 Å². The third-order valence-electron chi connectivity index (χ3n) is 3.03. The van der Waals surface area contributed by atoms with Crippen LogP contribution in [0.5, 0.6) is 0 Å². The molecular weight excluding hydrogens is 330 g/mol. The molecule has 0 saturated heterocycles. The molecular formula is C16H19N3O4S. The Hall–Kier alpha value is -2.53. The average molecular weight is 349 g/mol. The van der Waals surface area contributed by atoms with E-state index < -0.39 is 21.4 Å². The summed E-state index contributed by atoms with van der Waals surface area (Å²) in [5.74, 6) is -0.00792. The third-order valence-corrected chi connectivity index (χ3v) is 5.16. The second-order valence-corrected chi connectivity index (χ2v) is 8.43. The first kappa shape index (κ1) is 17.8. The second kappa shape index (κ2) is 6.93. The lowest BCUT2D eigenvalue weighted by Gasteiger charge is -2.19. The van der Waals surface area contributed by atoms with Crippen molar-refractivity contribution < 1.29 is 18.2 Å². The van der Waals surface area contributed by atoms with Gasteiger partial charge in [-0.1, -0.05) is 0 Å². The van der Waals surface area contributed by atoms with Gasteiger partial charge in [-0.25, -0.2) is 9.00 Å². The predicted molar refractivity (Wildman–Crippen MR) is 89.8 cm³/mol. The number of hydrogen-bond acceptors (Lipinski definition) is 6. The molecule has 1 heterocycles. The van der Waals surface area contributed by atoms with Gasteiger partial charge >= 0.3 is 6.09 Å². The number of amides is 1. The number of nitriles is 1. The molecule has 1 aromatic heterocycles. The molecule has 0 aliphatic carbocycles. The molecule has 1 atom stereocenters. The maximum Gasteiger partial charge on any atom is 0.407 e. The van der Waals surface area contributed by atoms with Gasteiger partial charge in [0.25, 0.3) is 0 Å². The van der Waals surface area contributed by atoms with Gasteiger partial charge < -0.3 is 14.5 Å². The van der Waals surface area contributed by atoms with Crippen molar-refractivity contribution in [2.45, 2.75) is 31.3 Å². The number of furan rings is 1. The van der Waals surface area contributed by atoms with Crippen molar-refractivity contribution in [1.29, 1.82) is 5.26 Å². The third kappa shape index (κ3) is 4.49. The largest absolute Gasteiger partial charge is 0.464 e. The minimum atomic E-state index is -2.99. The lowest BCUT2D eigenvalue weighted by atomic mass is 10.2. The van der Waals surface area contributed by atoms with Gasteiger partial charge in [0.05, 0.1) is 26.6 Å². The van der Waals surface area contributed by atoms with E-state index in [-0.39, 0.29) is 12.3 Å². The molecule has 8 heteroatoms. The molecule has 1 amide bonds. The van der Waals surface area contributed by atoms with Gasteiger partial charge in [-0.2, -0.15) is 5.26 Å². The van der Waals surface area contributed by atoms with Crippen LogP contribution in [-0.2, 0) is 14.5 Å². The average Bonchev–Trinajstić information content (AvgIpc) is 2.92. The summed E-state index contributed by atoms with van der Waals surface area (Å²) in [5.41, 5.74) is -0.0548. The first-order valence-corrected chi connectivity index (χ1v) is 8.99. The Balaban J connectivity index is 2.14. The minimum absolute atomic E-state index is 0.00792. The van der Waals surface area contributed by atoms with E-state index in [0.717, 1.165) is 5.39 Å². The number of carbonyl (C=O) groups is 1. The molecule has 2 rings (SSSR count). The number of nitrogens with zero attached hydrogens (tertiary/aromatic N) is 2. The van der Waals surface area contributed by atoms with Gasteiger partial charge in [0, 0.05) is 11.9 Å². The lowest BCUT2D eigenvalue weighted by molar-refractivity contribution is 0.0531. The zero-order valence-corrected chi connectivity index (χ0v) is 14.6. The highest BCUT2D eigenvalue weighted by Crippen LogP contribution is 2.22. The topological polar surface area (TPSA) is 105 Å². The quantitative estimate of drug-likeness (QED) is 0.853. The Morgan fingerprint density at radius 3 is 2.83 bits per heavy atom. The SMILES string of the molecule is CC(C)(C)OC(=O)NCCS(=O)(=NC#N)c1ccc2ccoc2c1. The normalized spacial score (nSPS) is 13.8. The van der Waals surface area contributed by atoms with Crippen molar-refractivity contribution in [1.82, 2.24) is 5.32 Å². The molecule has 0 radical (unpaired) electrons. The second-order valence-electron chi connectivity index (χ2n) is 6.08. The summed E-state index contributed by atoms with van der Waals surface area (Å²) in [7, 11) is -2.99. The van der Waals surface area contributed by atoms with Crippen molar-refractivity contribution in [3.05, 3.63) is 30.5 Å². The maximum absolute atomic E-state index is 13.0.